The minimum Gasteiger partial charge on any atom is -0.383 e. The number of amides is 1. The molecule has 0 aliphatic rings. The third-order valence-electron chi connectivity index (χ3n) is 2.60. The second kappa shape index (κ2) is 5.36. The number of aromatic nitrogens is 1. The van der Waals surface area contributed by atoms with E-state index in [2.05, 4.69) is 26.2 Å². The Morgan fingerprint density at radius 3 is 2.89 bits per heavy atom. The van der Waals surface area contributed by atoms with Gasteiger partial charge in [-0.05, 0) is 52.7 Å². The number of nitrogens with one attached hydrogen (secondary N) is 1. The van der Waals surface area contributed by atoms with E-state index < -0.39 is 11.7 Å². The summed E-state index contributed by atoms with van der Waals surface area (Å²) < 4.78 is 13.8. The molecule has 2 rings (SSSR count). The molecule has 1 heterocycles. The van der Waals surface area contributed by atoms with Gasteiger partial charge in [0.2, 0.25) is 0 Å². The number of anilines is 2. The van der Waals surface area contributed by atoms with Crippen molar-refractivity contribution in [2.24, 2.45) is 0 Å². The van der Waals surface area contributed by atoms with Crippen LogP contribution in [0.5, 0.6) is 0 Å². The summed E-state index contributed by atoms with van der Waals surface area (Å²) in [5.41, 5.74) is 7.01. The highest BCUT2D eigenvalue weighted by atomic mass is 79.9. The highest BCUT2D eigenvalue weighted by molar-refractivity contribution is 9.10. The van der Waals surface area contributed by atoms with Crippen molar-refractivity contribution >= 4 is 33.3 Å². The number of hydrogen-bond donors (Lipinski definition) is 2. The predicted octanol–water partition coefficient (Wildman–Crippen LogP) is 3.13. The van der Waals surface area contributed by atoms with E-state index in [0.29, 0.717) is 10.2 Å². The first-order chi connectivity index (χ1) is 8.99. The number of nitrogens with two attached hydrogens (primary N) is 1. The smallest absolute Gasteiger partial charge is 0.259 e. The maximum absolute atomic E-state index is 13.5. The first-order valence-electron chi connectivity index (χ1n) is 5.46. The molecule has 0 atom stereocenters. The van der Waals surface area contributed by atoms with Gasteiger partial charge in [0.1, 0.15) is 11.6 Å². The molecule has 2 aromatic rings. The zero-order chi connectivity index (χ0) is 14.0. The summed E-state index contributed by atoms with van der Waals surface area (Å²) in [6, 6.07) is 6.02. The summed E-state index contributed by atoms with van der Waals surface area (Å²) in [6.07, 6.45) is 1.50. The first kappa shape index (κ1) is 13.5. The molecule has 0 aliphatic carbocycles. The largest absolute Gasteiger partial charge is 0.383 e. The second-order valence-corrected chi connectivity index (χ2v) is 4.83. The Kier molecular flexibility index (Phi) is 3.80. The molecule has 0 fully saturated rings. The molecule has 19 heavy (non-hydrogen) atoms. The summed E-state index contributed by atoms with van der Waals surface area (Å²) in [6.45, 7) is 1.77. The van der Waals surface area contributed by atoms with Gasteiger partial charge in [-0.3, -0.25) is 4.79 Å². The molecular weight excluding hydrogens is 313 g/mol. The number of carbonyl (C=O) groups excluding carboxylic acids is 1. The molecule has 98 valence electrons. The summed E-state index contributed by atoms with van der Waals surface area (Å²) in [4.78, 5) is 15.8. The van der Waals surface area contributed by atoms with E-state index in [1.165, 1.54) is 12.3 Å². The van der Waals surface area contributed by atoms with Gasteiger partial charge >= 0.3 is 0 Å². The van der Waals surface area contributed by atoms with Crippen LogP contribution in [0.1, 0.15) is 15.9 Å². The fourth-order valence-electron chi connectivity index (χ4n) is 1.58. The highest BCUT2D eigenvalue weighted by Gasteiger charge is 2.13. The topological polar surface area (TPSA) is 68.0 Å². The van der Waals surface area contributed by atoms with E-state index in [9.17, 15) is 9.18 Å². The molecule has 1 amide bonds. The van der Waals surface area contributed by atoms with Gasteiger partial charge in [-0.1, -0.05) is 0 Å². The van der Waals surface area contributed by atoms with Crippen LogP contribution in [0.3, 0.4) is 0 Å². The van der Waals surface area contributed by atoms with Gasteiger partial charge < -0.3 is 11.1 Å². The minimum absolute atomic E-state index is 0.134. The maximum Gasteiger partial charge on any atom is 0.259 e. The molecule has 0 bridgehead atoms. The van der Waals surface area contributed by atoms with E-state index in [1.54, 1.807) is 25.1 Å². The molecule has 0 spiro atoms. The van der Waals surface area contributed by atoms with Gasteiger partial charge in [0, 0.05) is 11.9 Å². The van der Waals surface area contributed by atoms with Crippen LogP contribution in [0, 0.1) is 12.7 Å². The number of carbonyl (C=O) groups is 1. The zero-order valence-corrected chi connectivity index (χ0v) is 11.7. The fourth-order valence-corrected chi connectivity index (χ4v) is 2.04. The van der Waals surface area contributed by atoms with Gasteiger partial charge in [-0.25, -0.2) is 9.37 Å². The SMILES string of the molecule is Cc1cc(Br)c(F)cc1NC(=O)c1cccnc1N. The summed E-state index contributed by atoms with van der Waals surface area (Å²) in [5.74, 6) is -0.731. The van der Waals surface area contributed by atoms with Crippen molar-refractivity contribution in [2.45, 2.75) is 6.92 Å². The van der Waals surface area contributed by atoms with E-state index in [1.807, 2.05) is 0 Å². The number of aryl methyl sites for hydroxylation is 1. The lowest BCUT2D eigenvalue weighted by Gasteiger charge is -2.10. The molecule has 0 unspecified atom stereocenters. The van der Waals surface area contributed by atoms with Gasteiger partial charge in [-0.15, -0.1) is 0 Å². The molecule has 0 aliphatic heterocycles. The number of pyridine rings is 1. The minimum atomic E-state index is -0.444. The van der Waals surface area contributed by atoms with Gasteiger partial charge in [0.25, 0.3) is 5.91 Å². The average Bonchev–Trinajstić information content (AvgIpc) is 2.36. The van der Waals surface area contributed by atoms with E-state index in [0.717, 1.165) is 5.56 Å². The monoisotopic (exact) mass is 323 g/mol. The van der Waals surface area contributed by atoms with Crippen molar-refractivity contribution in [1.29, 1.82) is 0 Å². The van der Waals surface area contributed by atoms with E-state index in [4.69, 9.17) is 5.73 Å². The molecular formula is C13H11BrFN3O. The number of hydrogen-bond acceptors (Lipinski definition) is 3. The first-order valence-corrected chi connectivity index (χ1v) is 6.26. The van der Waals surface area contributed by atoms with Crippen LogP contribution in [0.25, 0.3) is 0 Å². The molecule has 3 N–H and O–H groups in total. The average molecular weight is 324 g/mol. The molecule has 4 nitrogen and oxygen atoms in total. The van der Waals surface area contributed by atoms with Crippen LogP contribution in [0.4, 0.5) is 15.9 Å². The zero-order valence-electron chi connectivity index (χ0n) is 10.1. The molecule has 0 radical (unpaired) electrons. The number of benzene rings is 1. The van der Waals surface area contributed by atoms with Gasteiger partial charge in [0.05, 0.1) is 10.0 Å². The predicted molar refractivity (Wildman–Crippen MR) is 75.4 cm³/mol. The molecule has 0 saturated heterocycles. The molecule has 0 saturated carbocycles. The van der Waals surface area contributed by atoms with Crippen molar-refractivity contribution < 1.29 is 9.18 Å². The number of rotatable bonds is 2. The Balaban J connectivity index is 2.30. The van der Waals surface area contributed by atoms with Crippen LogP contribution in [0.2, 0.25) is 0 Å². The Morgan fingerprint density at radius 2 is 2.21 bits per heavy atom. The van der Waals surface area contributed by atoms with Gasteiger partial charge in [0.15, 0.2) is 0 Å². The van der Waals surface area contributed by atoms with Crippen molar-refractivity contribution in [2.75, 3.05) is 11.1 Å². The van der Waals surface area contributed by atoms with Crippen LogP contribution >= 0.6 is 15.9 Å². The van der Waals surface area contributed by atoms with Crippen LogP contribution < -0.4 is 11.1 Å². The van der Waals surface area contributed by atoms with Crippen LogP contribution in [-0.4, -0.2) is 10.9 Å². The van der Waals surface area contributed by atoms with Crippen molar-refractivity contribution in [1.82, 2.24) is 4.98 Å². The summed E-state index contributed by atoms with van der Waals surface area (Å²) in [5, 5.41) is 2.62. The van der Waals surface area contributed by atoms with Crippen LogP contribution in [-0.2, 0) is 0 Å². The summed E-state index contributed by atoms with van der Waals surface area (Å²) >= 11 is 3.09. The number of nitrogens with zero attached hydrogens (tertiary/aromatic N) is 1. The van der Waals surface area contributed by atoms with E-state index in [-0.39, 0.29) is 11.4 Å². The highest BCUT2D eigenvalue weighted by Crippen LogP contribution is 2.24. The Hall–Kier alpha value is -1.95. The molecule has 1 aromatic carbocycles. The third-order valence-corrected chi connectivity index (χ3v) is 3.21. The van der Waals surface area contributed by atoms with E-state index >= 15 is 0 Å². The standard InChI is InChI=1S/C13H11BrFN3O/c1-7-5-9(14)10(15)6-11(7)18-13(19)8-3-2-4-17-12(8)16/h2-6H,1H3,(H2,16,17)(H,18,19). The third kappa shape index (κ3) is 2.90. The van der Waals surface area contributed by atoms with Gasteiger partial charge in [-0.2, -0.15) is 0 Å². The van der Waals surface area contributed by atoms with Crippen molar-refractivity contribution in [3.63, 3.8) is 0 Å². The normalized spacial score (nSPS) is 10.3. The van der Waals surface area contributed by atoms with Crippen molar-refractivity contribution in [3.8, 4) is 0 Å². The maximum atomic E-state index is 13.5. The summed E-state index contributed by atoms with van der Waals surface area (Å²) in [7, 11) is 0. The second-order valence-electron chi connectivity index (χ2n) is 3.97. The molecule has 1 aromatic heterocycles. The quantitative estimate of drug-likeness (QED) is 0.892. The fraction of sp³-hybridized carbons (Fsp3) is 0.0769. The Morgan fingerprint density at radius 1 is 1.47 bits per heavy atom. The Bertz CT molecular complexity index is 646. The number of nitrogen functional groups attached to an aromatic ring is 1. The lowest BCUT2D eigenvalue weighted by Crippen LogP contribution is -2.15. The molecule has 6 heteroatoms. The number of halogens is 2. The lowest BCUT2D eigenvalue weighted by molar-refractivity contribution is 0.102. The van der Waals surface area contributed by atoms with Crippen molar-refractivity contribution in [3.05, 3.63) is 51.9 Å². The Labute approximate surface area is 118 Å². The lowest BCUT2D eigenvalue weighted by atomic mass is 10.1. The van der Waals surface area contributed by atoms with Crippen LogP contribution in [0.15, 0.2) is 34.9 Å².